The van der Waals surface area contributed by atoms with Gasteiger partial charge in [-0.15, -0.1) is 0 Å². The van der Waals surface area contributed by atoms with Gasteiger partial charge >= 0.3 is 28.4 Å². The largest absolute Gasteiger partial charge is 0.444 e. The normalized spacial score (nSPS) is 18.3. The van der Waals surface area contributed by atoms with Crippen molar-refractivity contribution in [1.82, 2.24) is 43.7 Å². The number of nitrogens with zero attached hydrogens (tertiary/aromatic N) is 7. The van der Waals surface area contributed by atoms with Crippen molar-refractivity contribution >= 4 is 84.4 Å². The predicted molar refractivity (Wildman–Crippen MR) is 236 cm³/mol. The van der Waals surface area contributed by atoms with Crippen molar-refractivity contribution in [2.75, 3.05) is 38.0 Å². The summed E-state index contributed by atoms with van der Waals surface area (Å²) in [5, 5.41) is 6.03. The summed E-state index contributed by atoms with van der Waals surface area (Å²) in [4.78, 5) is 95.3. The fourth-order valence-electron chi connectivity index (χ4n) is 7.86. The summed E-state index contributed by atoms with van der Waals surface area (Å²) in [6.45, 7) is 4.16. The van der Waals surface area contributed by atoms with E-state index in [0.29, 0.717) is 29.3 Å². The number of ether oxygens (including phenoxy) is 2. The molecule has 2 fully saturated rings. The Kier molecular flexibility index (Phi) is 13.9. The van der Waals surface area contributed by atoms with Crippen molar-refractivity contribution < 1.29 is 41.9 Å². The highest BCUT2D eigenvalue weighted by Crippen LogP contribution is 2.28. The van der Waals surface area contributed by atoms with Crippen LogP contribution in [0.5, 0.6) is 0 Å². The van der Waals surface area contributed by atoms with Crippen LogP contribution in [0.3, 0.4) is 0 Å². The van der Waals surface area contributed by atoms with Gasteiger partial charge in [0, 0.05) is 62.1 Å². The Morgan fingerprint density at radius 1 is 0.953 bits per heavy atom. The van der Waals surface area contributed by atoms with Crippen LogP contribution >= 0.6 is 27.5 Å². The standard InChI is InChI=1S/C41H46BrClN10O10S/c1-41(2,3)63-40(59)53-12-6-9-33(32(53)19-27(54)22-51-23-46-31-21-29(42)30(43)20-28(31)37(51)56)62-39(58)49-64(60,61)52-15-13-50(14-16-52)38(57)48-35-34(44-10-11-45-35)36(55)47-26-17-24-7-4-5-8-25(24)18-26/h4-5,7-8,10-11,20-21,23,26,32-33H,6,9,12-19,22H2,1-3H3,(H,47,55)(H,49,58)(H,45,48,57). The van der Waals surface area contributed by atoms with Gasteiger partial charge in [0.05, 0.1) is 34.8 Å². The summed E-state index contributed by atoms with van der Waals surface area (Å²) in [6, 6.07) is 9.06. The molecule has 2 atom stereocenters. The lowest BCUT2D eigenvalue weighted by atomic mass is 9.94. The second kappa shape index (κ2) is 19.2. The molecule has 23 heteroatoms. The molecule has 1 aliphatic carbocycles. The van der Waals surface area contributed by atoms with Crippen molar-refractivity contribution in [1.29, 1.82) is 0 Å². The molecule has 20 nitrogen and oxygen atoms in total. The molecule has 0 spiro atoms. The van der Waals surface area contributed by atoms with Crippen molar-refractivity contribution in [3.63, 3.8) is 0 Å². The third-order valence-electron chi connectivity index (χ3n) is 10.9. The fraction of sp³-hybridized carbons (Fsp3) is 0.439. The van der Waals surface area contributed by atoms with Gasteiger partial charge in [0.15, 0.2) is 17.3 Å². The molecular weight excluding hydrogens is 940 g/mol. The molecule has 4 heterocycles. The number of ketones is 1. The van der Waals surface area contributed by atoms with Crippen LogP contribution in [0.15, 0.2) is 64.4 Å². The minimum absolute atomic E-state index is 0.0635. The quantitative estimate of drug-likeness (QED) is 0.203. The topological polar surface area (TPSA) is 244 Å². The molecule has 2 aliphatic heterocycles. The number of likely N-dealkylation sites (tertiary alicyclic amines) is 1. The number of fused-ring (bicyclic) bond motifs is 2. The van der Waals surface area contributed by atoms with Crippen LogP contribution in [-0.4, -0.2) is 128 Å². The number of benzene rings is 2. The number of hydrogen-bond acceptors (Lipinski definition) is 13. The van der Waals surface area contributed by atoms with Crippen LogP contribution in [-0.2, 0) is 43.9 Å². The van der Waals surface area contributed by atoms with Crippen LogP contribution in [0.1, 0.15) is 61.6 Å². The fourth-order valence-corrected chi connectivity index (χ4v) is 9.38. The second-order valence-corrected chi connectivity index (χ2v) is 19.5. The summed E-state index contributed by atoms with van der Waals surface area (Å²) in [5.74, 6) is -1.08. The van der Waals surface area contributed by atoms with Gasteiger partial charge in [-0.1, -0.05) is 35.9 Å². The Balaban J connectivity index is 0.955. The number of amides is 5. The number of anilines is 1. The van der Waals surface area contributed by atoms with Gasteiger partial charge in [0.25, 0.3) is 11.5 Å². The Labute approximate surface area is 381 Å². The number of carbonyl (C=O) groups excluding carboxylic acids is 5. The number of piperazine rings is 1. The molecule has 4 aromatic rings. The number of aromatic nitrogens is 4. The van der Waals surface area contributed by atoms with Gasteiger partial charge in [0.2, 0.25) is 0 Å². The lowest BCUT2D eigenvalue weighted by molar-refractivity contribution is -0.122. The SMILES string of the molecule is CC(C)(C)OC(=O)N1CCCC(OC(=O)NS(=O)(=O)N2CCN(C(=O)Nc3nccnc3C(=O)NC3Cc4ccccc4C3)CC2)C1CC(=O)Cn1cnc2cc(Br)c(Cl)cc2c1=O. The number of carbonyl (C=O) groups is 5. The van der Waals surface area contributed by atoms with Crippen LogP contribution in [0.25, 0.3) is 10.9 Å². The van der Waals surface area contributed by atoms with Crippen molar-refractivity contribution in [3.8, 4) is 0 Å². The number of halogens is 2. The van der Waals surface area contributed by atoms with Gasteiger partial charge in [-0.25, -0.2) is 34.1 Å². The average Bonchev–Trinajstić information content (AvgIpc) is 3.65. The zero-order chi connectivity index (χ0) is 45.9. The number of piperidine rings is 1. The van der Waals surface area contributed by atoms with E-state index >= 15 is 0 Å². The van der Waals surface area contributed by atoms with Crippen LogP contribution in [0.2, 0.25) is 5.02 Å². The molecule has 0 saturated carbocycles. The highest BCUT2D eigenvalue weighted by Gasteiger charge is 2.41. The minimum Gasteiger partial charge on any atom is -0.444 e. The molecule has 2 aromatic heterocycles. The molecule has 3 aliphatic rings. The first-order chi connectivity index (χ1) is 30.3. The van der Waals surface area contributed by atoms with Gasteiger partial charge < -0.3 is 24.6 Å². The zero-order valence-corrected chi connectivity index (χ0v) is 38.2. The van der Waals surface area contributed by atoms with E-state index in [9.17, 15) is 37.2 Å². The number of hydrogen-bond donors (Lipinski definition) is 3. The minimum atomic E-state index is -4.51. The Hall–Kier alpha value is -5.71. The molecule has 7 rings (SSSR count). The molecule has 2 saturated heterocycles. The van der Waals surface area contributed by atoms with Crippen molar-refractivity contribution in [2.45, 2.75) is 83.2 Å². The predicted octanol–water partition coefficient (Wildman–Crippen LogP) is 4.05. The number of urea groups is 1. The average molecular weight is 986 g/mol. The van der Waals surface area contributed by atoms with Gasteiger partial charge in [-0.3, -0.25) is 24.3 Å². The summed E-state index contributed by atoms with van der Waals surface area (Å²) < 4.78 is 42.6. The van der Waals surface area contributed by atoms with Crippen molar-refractivity contribution in [2.24, 2.45) is 0 Å². The highest BCUT2D eigenvalue weighted by molar-refractivity contribution is 9.10. The van der Waals surface area contributed by atoms with E-state index in [0.717, 1.165) is 20.0 Å². The van der Waals surface area contributed by atoms with Crippen LogP contribution in [0.4, 0.5) is 20.2 Å². The third-order valence-corrected chi connectivity index (χ3v) is 13.5. The number of nitrogens with one attached hydrogen (secondary N) is 3. The summed E-state index contributed by atoms with van der Waals surface area (Å²) in [6.07, 6.45) is 2.07. The van der Waals surface area contributed by atoms with Crippen LogP contribution in [0, 0.1) is 0 Å². The number of rotatable bonds is 10. The maximum atomic E-state index is 13.6. The van der Waals surface area contributed by atoms with E-state index in [1.165, 1.54) is 34.6 Å². The molecule has 340 valence electrons. The first-order valence-electron chi connectivity index (χ1n) is 20.4. The van der Waals surface area contributed by atoms with E-state index in [2.05, 4.69) is 41.5 Å². The highest BCUT2D eigenvalue weighted by atomic mass is 79.9. The molecule has 3 N–H and O–H groups in total. The lowest BCUT2D eigenvalue weighted by Gasteiger charge is -2.40. The monoisotopic (exact) mass is 984 g/mol. The first-order valence-corrected chi connectivity index (χ1v) is 23.0. The zero-order valence-electron chi connectivity index (χ0n) is 35.1. The molecule has 2 unspecified atom stereocenters. The summed E-state index contributed by atoms with van der Waals surface area (Å²) >= 11 is 9.51. The van der Waals surface area contributed by atoms with E-state index < -0.39 is 70.0 Å². The Bertz CT molecular complexity index is 2630. The maximum Gasteiger partial charge on any atom is 0.422 e. The first kappa shape index (κ1) is 46.3. The Morgan fingerprint density at radius 2 is 1.64 bits per heavy atom. The van der Waals surface area contributed by atoms with E-state index in [1.807, 2.05) is 29.0 Å². The van der Waals surface area contributed by atoms with E-state index in [1.54, 1.807) is 26.8 Å². The second-order valence-electron chi connectivity index (χ2n) is 16.6. The third kappa shape index (κ3) is 11.0. The molecule has 0 radical (unpaired) electrons. The molecule has 2 aromatic carbocycles. The Morgan fingerprint density at radius 3 is 2.33 bits per heavy atom. The van der Waals surface area contributed by atoms with Crippen LogP contribution < -0.4 is 20.9 Å². The van der Waals surface area contributed by atoms with E-state index in [-0.39, 0.29) is 73.5 Å². The molecule has 5 amide bonds. The summed E-state index contributed by atoms with van der Waals surface area (Å²) in [7, 11) is -4.51. The molecular formula is C41H46BrClN10O10S. The van der Waals surface area contributed by atoms with Crippen molar-refractivity contribution in [3.05, 3.63) is 91.8 Å². The lowest BCUT2D eigenvalue weighted by Crippen LogP contribution is -2.57. The maximum absolute atomic E-state index is 13.6. The smallest absolute Gasteiger partial charge is 0.422 e. The van der Waals surface area contributed by atoms with Gasteiger partial charge in [-0.2, -0.15) is 12.7 Å². The van der Waals surface area contributed by atoms with E-state index in [4.69, 9.17) is 21.1 Å². The van der Waals surface area contributed by atoms with Gasteiger partial charge in [-0.05, 0) is 85.6 Å². The molecule has 0 bridgehead atoms. The summed E-state index contributed by atoms with van der Waals surface area (Å²) in [5.41, 5.74) is 1.15. The molecule has 64 heavy (non-hydrogen) atoms. The number of Topliss-reactive ketones (excluding diaryl/α,β-unsaturated/α-hetero) is 1. The van der Waals surface area contributed by atoms with Gasteiger partial charge in [0.1, 0.15) is 11.7 Å².